The second kappa shape index (κ2) is 3.67. The van der Waals surface area contributed by atoms with Crippen LogP contribution in [0.4, 0.5) is 5.82 Å². The van der Waals surface area contributed by atoms with Crippen molar-refractivity contribution in [3.63, 3.8) is 0 Å². The van der Waals surface area contributed by atoms with Crippen LogP contribution in [0.3, 0.4) is 0 Å². The lowest BCUT2D eigenvalue weighted by Crippen LogP contribution is -2.05. The summed E-state index contributed by atoms with van der Waals surface area (Å²) in [4.78, 5) is 0. The summed E-state index contributed by atoms with van der Waals surface area (Å²) in [5.74, 6) is 1.54. The van der Waals surface area contributed by atoms with Crippen molar-refractivity contribution < 1.29 is 0 Å². The minimum atomic E-state index is 0.714. The summed E-state index contributed by atoms with van der Waals surface area (Å²) in [6, 6.07) is 10.6. The number of hydrogen-bond acceptors (Lipinski definition) is 2. The molecule has 1 saturated carbocycles. The molecule has 2 N–H and O–H groups in total. The molecule has 0 aliphatic heterocycles. The van der Waals surface area contributed by atoms with Crippen LogP contribution in [0.1, 0.15) is 29.9 Å². The zero-order valence-corrected chi connectivity index (χ0v) is 9.13. The Morgan fingerprint density at radius 2 is 1.94 bits per heavy atom. The number of nitrogens with zero attached hydrogens (tertiary/aromatic N) is 2. The normalized spacial score (nSPS) is 15.2. The van der Waals surface area contributed by atoms with Crippen molar-refractivity contribution >= 4 is 5.82 Å². The van der Waals surface area contributed by atoms with Gasteiger partial charge in [-0.05, 0) is 36.0 Å². The molecule has 1 aromatic carbocycles. The van der Waals surface area contributed by atoms with Gasteiger partial charge in [0, 0.05) is 0 Å². The van der Waals surface area contributed by atoms with Gasteiger partial charge in [-0.25, -0.2) is 4.68 Å². The third-order valence-electron chi connectivity index (χ3n) is 3.11. The lowest BCUT2D eigenvalue weighted by atomic mass is 10.1. The number of anilines is 1. The summed E-state index contributed by atoms with van der Waals surface area (Å²) in [6.07, 6.45) is 4.44. The quantitative estimate of drug-likeness (QED) is 0.850. The number of nitrogen functional groups attached to an aromatic ring is 1. The lowest BCUT2D eigenvalue weighted by Gasteiger charge is -2.05. The number of nitrogens with two attached hydrogens (primary N) is 1. The van der Waals surface area contributed by atoms with Gasteiger partial charge in [0.25, 0.3) is 0 Å². The van der Waals surface area contributed by atoms with Gasteiger partial charge in [0.15, 0.2) is 0 Å². The fraction of sp³-hybridized carbons (Fsp3) is 0.308. The van der Waals surface area contributed by atoms with Gasteiger partial charge in [-0.3, -0.25) is 0 Å². The molecule has 1 aliphatic carbocycles. The molecular formula is C13H15N3. The number of hydrogen-bond donors (Lipinski definition) is 1. The standard InChI is InChI=1S/C13H15N3/c14-13-7-8-15-16(13)9-10-1-3-11(4-2-10)12-5-6-12/h1-4,7-8,12H,5-6,9,14H2. The first-order valence-corrected chi connectivity index (χ1v) is 5.69. The summed E-state index contributed by atoms with van der Waals surface area (Å²) in [5, 5.41) is 4.17. The maximum atomic E-state index is 5.78. The van der Waals surface area contributed by atoms with Crippen LogP contribution in [0.2, 0.25) is 0 Å². The van der Waals surface area contributed by atoms with Gasteiger partial charge >= 0.3 is 0 Å². The molecule has 0 unspecified atom stereocenters. The fourth-order valence-electron chi connectivity index (χ4n) is 1.96. The molecule has 0 saturated heterocycles. The number of aromatic nitrogens is 2. The SMILES string of the molecule is Nc1ccnn1Cc1ccc(C2CC2)cc1. The first-order chi connectivity index (χ1) is 7.83. The molecule has 16 heavy (non-hydrogen) atoms. The van der Waals surface area contributed by atoms with Gasteiger partial charge in [0.2, 0.25) is 0 Å². The van der Waals surface area contributed by atoms with Crippen molar-refractivity contribution in [1.82, 2.24) is 9.78 Å². The van der Waals surface area contributed by atoms with Crippen molar-refractivity contribution in [3.05, 3.63) is 47.7 Å². The highest BCUT2D eigenvalue weighted by atomic mass is 15.3. The predicted molar refractivity (Wildman–Crippen MR) is 64.2 cm³/mol. The van der Waals surface area contributed by atoms with Gasteiger partial charge in [-0.1, -0.05) is 24.3 Å². The predicted octanol–water partition coefficient (Wildman–Crippen LogP) is 2.39. The fourth-order valence-corrected chi connectivity index (χ4v) is 1.96. The highest BCUT2D eigenvalue weighted by Gasteiger charge is 2.22. The Labute approximate surface area is 94.9 Å². The summed E-state index contributed by atoms with van der Waals surface area (Å²) in [6.45, 7) is 0.754. The average Bonchev–Trinajstić information content (AvgIpc) is 3.07. The largest absolute Gasteiger partial charge is 0.384 e. The number of rotatable bonds is 3. The molecule has 3 rings (SSSR count). The second-order valence-electron chi connectivity index (χ2n) is 4.43. The topological polar surface area (TPSA) is 43.8 Å². The van der Waals surface area contributed by atoms with Crippen LogP contribution in [0.15, 0.2) is 36.5 Å². The monoisotopic (exact) mass is 213 g/mol. The van der Waals surface area contributed by atoms with Crippen molar-refractivity contribution in [2.24, 2.45) is 0 Å². The molecule has 2 aromatic rings. The van der Waals surface area contributed by atoms with Crippen molar-refractivity contribution in [3.8, 4) is 0 Å². The molecule has 3 nitrogen and oxygen atoms in total. The van der Waals surface area contributed by atoms with Gasteiger partial charge in [-0.15, -0.1) is 0 Å². The van der Waals surface area contributed by atoms with Crippen LogP contribution in [0, 0.1) is 0 Å². The van der Waals surface area contributed by atoms with Crippen LogP contribution >= 0.6 is 0 Å². The molecule has 82 valence electrons. The molecular weight excluding hydrogens is 198 g/mol. The average molecular weight is 213 g/mol. The highest BCUT2D eigenvalue weighted by molar-refractivity contribution is 5.31. The summed E-state index contributed by atoms with van der Waals surface area (Å²) in [5.41, 5.74) is 8.50. The second-order valence-corrected chi connectivity index (χ2v) is 4.43. The van der Waals surface area contributed by atoms with E-state index in [1.165, 1.54) is 24.0 Å². The highest BCUT2D eigenvalue weighted by Crippen LogP contribution is 2.39. The molecule has 3 heteroatoms. The summed E-state index contributed by atoms with van der Waals surface area (Å²) < 4.78 is 1.81. The van der Waals surface area contributed by atoms with Crippen LogP contribution in [0.5, 0.6) is 0 Å². The Kier molecular flexibility index (Phi) is 2.17. The first-order valence-electron chi connectivity index (χ1n) is 5.69. The minimum Gasteiger partial charge on any atom is -0.384 e. The molecule has 0 spiro atoms. The van der Waals surface area contributed by atoms with Crippen molar-refractivity contribution in [2.45, 2.75) is 25.3 Å². The maximum absolute atomic E-state index is 5.78. The van der Waals surface area contributed by atoms with E-state index in [2.05, 4.69) is 29.4 Å². The Balaban J connectivity index is 1.77. The molecule has 1 aromatic heterocycles. The van der Waals surface area contributed by atoms with E-state index < -0.39 is 0 Å². The van der Waals surface area contributed by atoms with Crippen LogP contribution in [-0.4, -0.2) is 9.78 Å². The van der Waals surface area contributed by atoms with Crippen molar-refractivity contribution in [2.75, 3.05) is 5.73 Å². The first kappa shape index (κ1) is 9.46. The van der Waals surface area contributed by atoms with Gasteiger partial charge in [-0.2, -0.15) is 5.10 Å². The third-order valence-corrected chi connectivity index (χ3v) is 3.11. The third kappa shape index (κ3) is 1.81. The Morgan fingerprint density at radius 3 is 2.50 bits per heavy atom. The molecule has 1 fully saturated rings. The van der Waals surface area contributed by atoms with Crippen LogP contribution < -0.4 is 5.73 Å². The van der Waals surface area contributed by atoms with E-state index in [0.29, 0.717) is 5.82 Å². The van der Waals surface area contributed by atoms with E-state index >= 15 is 0 Å². The molecule has 0 atom stereocenters. The zero-order valence-electron chi connectivity index (χ0n) is 9.13. The van der Waals surface area contributed by atoms with Crippen LogP contribution in [-0.2, 0) is 6.54 Å². The molecule has 1 aliphatic rings. The molecule has 0 bridgehead atoms. The van der Waals surface area contributed by atoms with E-state index in [0.717, 1.165) is 12.5 Å². The summed E-state index contributed by atoms with van der Waals surface area (Å²) >= 11 is 0. The van der Waals surface area contributed by atoms with E-state index in [9.17, 15) is 0 Å². The molecule has 0 amide bonds. The van der Waals surface area contributed by atoms with E-state index in [1.54, 1.807) is 6.20 Å². The summed E-state index contributed by atoms with van der Waals surface area (Å²) in [7, 11) is 0. The molecule has 0 radical (unpaired) electrons. The maximum Gasteiger partial charge on any atom is 0.122 e. The van der Waals surface area contributed by atoms with E-state index in [4.69, 9.17) is 5.73 Å². The molecule has 1 heterocycles. The van der Waals surface area contributed by atoms with Gasteiger partial charge in [0.05, 0.1) is 12.7 Å². The van der Waals surface area contributed by atoms with E-state index in [-0.39, 0.29) is 0 Å². The Bertz CT molecular complexity index is 480. The number of benzene rings is 1. The Hall–Kier alpha value is -1.77. The lowest BCUT2D eigenvalue weighted by molar-refractivity contribution is 0.697. The minimum absolute atomic E-state index is 0.714. The Morgan fingerprint density at radius 1 is 1.19 bits per heavy atom. The van der Waals surface area contributed by atoms with Crippen LogP contribution in [0.25, 0.3) is 0 Å². The van der Waals surface area contributed by atoms with Gasteiger partial charge in [0.1, 0.15) is 5.82 Å². The van der Waals surface area contributed by atoms with E-state index in [1.807, 2.05) is 10.7 Å². The smallest absolute Gasteiger partial charge is 0.122 e. The van der Waals surface area contributed by atoms with Crippen molar-refractivity contribution in [1.29, 1.82) is 0 Å². The zero-order chi connectivity index (χ0) is 11.0. The van der Waals surface area contributed by atoms with Gasteiger partial charge < -0.3 is 5.73 Å².